The second-order valence-electron chi connectivity index (χ2n) is 9.60. The molecule has 1 aliphatic carbocycles. The minimum atomic E-state index is -3.60. The molecule has 1 amide bonds. The fraction of sp³-hybridized carbons (Fsp3) is 0.370. The normalized spacial score (nSPS) is 19.1. The molecule has 0 unspecified atom stereocenters. The molecule has 184 valence electrons. The van der Waals surface area contributed by atoms with E-state index in [0.717, 1.165) is 47.0 Å². The maximum absolute atomic E-state index is 13.2. The van der Waals surface area contributed by atoms with Crippen molar-refractivity contribution in [2.75, 3.05) is 0 Å². The van der Waals surface area contributed by atoms with E-state index in [-0.39, 0.29) is 39.7 Å². The average Bonchev–Trinajstić information content (AvgIpc) is 3.28. The van der Waals surface area contributed by atoms with Crippen LogP contribution in [0.4, 0.5) is 0 Å². The highest BCUT2D eigenvalue weighted by molar-refractivity contribution is 9.10. The number of carbonyl (C=O) groups excluding carboxylic acids is 1. The number of fused-ring (bicyclic) bond motifs is 1. The van der Waals surface area contributed by atoms with Crippen LogP contribution in [-0.2, 0) is 15.6 Å². The van der Waals surface area contributed by atoms with Crippen molar-refractivity contribution in [2.24, 2.45) is 0 Å². The van der Waals surface area contributed by atoms with Crippen LogP contribution in [0.1, 0.15) is 72.0 Å². The van der Waals surface area contributed by atoms with Crippen molar-refractivity contribution < 1.29 is 22.4 Å². The van der Waals surface area contributed by atoms with E-state index in [2.05, 4.69) is 27.3 Å². The number of nitrogens with one attached hydrogen (secondary N) is 1. The largest absolute Gasteiger partial charge is 0.487 e. The summed E-state index contributed by atoms with van der Waals surface area (Å²) in [5, 5.41) is 3.14. The zero-order chi connectivity index (χ0) is 24.6. The Kier molecular flexibility index (Phi) is 6.53. The summed E-state index contributed by atoms with van der Waals surface area (Å²) < 4.78 is 38.5. The number of sulfone groups is 1. The third-order valence-corrected chi connectivity index (χ3v) is 9.09. The fourth-order valence-corrected chi connectivity index (χ4v) is 6.65. The van der Waals surface area contributed by atoms with Crippen LogP contribution in [0, 0.1) is 6.92 Å². The van der Waals surface area contributed by atoms with Gasteiger partial charge in [-0.15, -0.1) is 0 Å². The highest BCUT2D eigenvalue weighted by atomic mass is 79.9. The molecule has 1 spiro atoms. The van der Waals surface area contributed by atoms with Gasteiger partial charge in [0, 0.05) is 16.5 Å². The first-order chi connectivity index (χ1) is 16.7. The Labute approximate surface area is 214 Å². The fourth-order valence-electron chi connectivity index (χ4n) is 5.14. The molecule has 0 bridgehead atoms. The van der Waals surface area contributed by atoms with E-state index in [9.17, 15) is 13.2 Å². The van der Waals surface area contributed by atoms with Crippen molar-refractivity contribution in [3.05, 3.63) is 81.7 Å². The van der Waals surface area contributed by atoms with Crippen LogP contribution in [0.25, 0.3) is 0 Å². The summed E-state index contributed by atoms with van der Waals surface area (Å²) >= 11 is 3.31. The maximum atomic E-state index is 13.2. The Morgan fingerprint density at radius 2 is 1.80 bits per heavy atom. The summed E-state index contributed by atoms with van der Waals surface area (Å²) in [5.41, 5.74) is 1.81. The molecule has 0 radical (unpaired) electrons. The molecule has 6 nitrogen and oxygen atoms in total. The Balaban J connectivity index is 1.34. The molecule has 1 saturated carbocycles. The van der Waals surface area contributed by atoms with E-state index in [1.807, 2.05) is 19.1 Å². The van der Waals surface area contributed by atoms with Gasteiger partial charge in [-0.2, -0.15) is 0 Å². The number of carbonyl (C=O) groups is 1. The quantitative estimate of drug-likeness (QED) is 0.399. The van der Waals surface area contributed by atoms with Crippen molar-refractivity contribution in [1.29, 1.82) is 0 Å². The van der Waals surface area contributed by atoms with Crippen LogP contribution < -0.4 is 10.1 Å². The van der Waals surface area contributed by atoms with E-state index in [4.69, 9.17) is 9.15 Å². The van der Waals surface area contributed by atoms with Gasteiger partial charge in [0.1, 0.15) is 22.9 Å². The summed E-state index contributed by atoms with van der Waals surface area (Å²) in [6.07, 6.45) is 6.12. The number of benzene rings is 2. The Morgan fingerprint density at radius 1 is 1.06 bits per heavy atom. The zero-order valence-corrected chi connectivity index (χ0v) is 22.0. The lowest BCUT2D eigenvalue weighted by molar-refractivity contribution is -0.00227. The third kappa shape index (κ3) is 5.19. The van der Waals surface area contributed by atoms with Gasteiger partial charge in [-0.3, -0.25) is 4.79 Å². The van der Waals surface area contributed by atoms with Crippen molar-refractivity contribution in [2.45, 2.75) is 67.7 Å². The molecule has 5 rings (SSSR count). The van der Waals surface area contributed by atoms with E-state index < -0.39 is 9.84 Å². The summed E-state index contributed by atoms with van der Waals surface area (Å²) in [5.74, 6) is 0.483. The molecule has 1 N–H and O–H groups in total. The second kappa shape index (κ2) is 9.47. The lowest BCUT2D eigenvalue weighted by atomic mass is 9.77. The van der Waals surface area contributed by atoms with E-state index in [1.165, 1.54) is 12.5 Å². The number of furan rings is 1. The number of hydrogen-bond acceptors (Lipinski definition) is 5. The summed E-state index contributed by atoms with van der Waals surface area (Å²) in [6, 6.07) is 15.4. The minimum absolute atomic E-state index is 0.101. The van der Waals surface area contributed by atoms with Crippen LogP contribution in [0.15, 0.2) is 68.4 Å². The molecular weight excluding hydrogens is 530 g/mol. The molecule has 1 atom stereocenters. The van der Waals surface area contributed by atoms with E-state index in [0.29, 0.717) is 6.42 Å². The first kappa shape index (κ1) is 24.1. The third-order valence-electron chi connectivity index (χ3n) is 6.90. The molecule has 0 saturated heterocycles. The molecule has 2 aromatic carbocycles. The van der Waals surface area contributed by atoms with Crippen LogP contribution >= 0.6 is 15.9 Å². The first-order valence-electron chi connectivity index (χ1n) is 11.9. The van der Waals surface area contributed by atoms with Crippen LogP contribution in [-0.4, -0.2) is 19.9 Å². The molecule has 2 aliphatic rings. The minimum Gasteiger partial charge on any atom is -0.487 e. The molecule has 2 heterocycles. The second-order valence-corrected chi connectivity index (χ2v) is 12.5. The topological polar surface area (TPSA) is 85.6 Å². The van der Waals surface area contributed by atoms with Gasteiger partial charge >= 0.3 is 0 Å². The van der Waals surface area contributed by atoms with Crippen molar-refractivity contribution >= 4 is 31.7 Å². The van der Waals surface area contributed by atoms with Gasteiger partial charge < -0.3 is 14.5 Å². The number of hydrogen-bond donors (Lipinski definition) is 1. The highest BCUT2D eigenvalue weighted by Crippen LogP contribution is 2.46. The molecule has 1 aromatic heterocycles. The van der Waals surface area contributed by atoms with Gasteiger partial charge in [0.2, 0.25) is 0 Å². The predicted molar refractivity (Wildman–Crippen MR) is 136 cm³/mol. The first-order valence-corrected chi connectivity index (χ1v) is 14.4. The lowest BCUT2D eigenvalue weighted by Gasteiger charge is -2.44. The van der Waals surface area contributed by atoms with Gasteiger partial charge in [-0.05, 0) is 75.1 Å². The summed E-state index contributed by atoms with van der Waals surface area (Å²) in [4.78, 5) is 13.4. The maximum Gasteiger partial charge on any atom is 0.287 e. The molecule has 1 aliphatic heterocycles. The van der Waals surface area contributed by atoms with E-state index >= 15 is 0 Å². The average molecular weight is 558 g/mol. The smallest absolute Gasteiger partial charge is 0.287 e. The van der Waals surface area contributed by atoms with Crippen LogP contribution in [0.2, 0.25) is 0 Å². The van der Waals surface area contributed by atoms with Gasteiger partial charge in [0.25, 0.3) is 5.91 Å². The predicted octanol–water partition coefficient (Wildman–Crippen LogP) is 6.28. The van der Waals surface area contributed by atoms with Crippen LogP contribution in [0.3, 0.4) is 0 Å². The van der Waals surface area contributed by atoms with Crippen molar-refractivity contribution in [3.8, 4) is 5.75 Å². The number of halogens is 1. The molecule has 1 fully saturated rings. The molecule has 35 heavy (non-hydrogen) atoms. The van der Waals surface area contributed by atoms with E-state index in [1.54, 1.807) is 30.3 Å². The molecule has 3 aromatic rings. The standard InChI is InChI=1S/C27H28BrNO5S/c1-18-5-11-24-22(15-18)23(16-27(34-24)13-3-2-4-14-27)29-26(30)25-12-8-20(33-25)17-35(31,32)21-9-6-19(28)7-10-21/h5-12,15,23H,2-4,13-14,16-17H2,1H3,(H,29,30)/t23-/m0/s1. The lowest BCUT2D eigenvalue weighted by Crippen LogP contribution is -2.46. The monoisotopic (exact) mass is 557 g/mol. The van der Waals surface area contributed by atoms with Gasteiger partial charge in [-0.25, -0.2) is 8.42 Å². The van der Waals surface area contributed by atoms with Crippen LogP contribution in [0.5, 0.6) is 5.75 Å². The number of amides is 1. The van der Waals surface area contributed by atoms with Crippen molar-refractivity contribution in [1.82, 2.24) is 5.32 Å². The van der Waals surface area contributed by atoms with Gasteiger partial charge in [0.05, 0.1) is 10.9 Å². The number of aryl methyl sites for hydroxylation is 1. The molecular formula is C27H28BrNO5S. The summed E-state index contributed by atoms with van der Waals surface area (Å²) in [6.45, 7) is 2.02. The SMILES string of the molecule is Cc1ccc2c(c1)[C@@H](NC(=O)c1ccc(CS(=O)(=O)c3ccc(Br)cc3)o1)CC1(CCCCC1)O2. The Hall–Kier alpha value is -2.58. The van der Waals surface area contributed by atoms with Gasteiger partial charge in [0.15, 0.2) is 15.6 Å². The number of ether oxygens (including phenoxy) is 1. The summed E-state index contributed by atoms with van der Waals surface area (Å²) in [7, 11) is -3.60. The number of rotatable bonds is 5. The van der Waals surface area contributed by atoms with Gasteiger partial charge in [-0.1, -0.05) is 40.0 Å². The Bertz CT molecular complexity index is 1340. The molecule has 8 heteroatoms. The van der Waals surface area contributed by atoms with Crippen molar-refractivity contribution in [3.63, 3.8) is 0 Å². The Morgan fingerprint density at radius 3 is 2.54 bits per heavy atom. The zero-order valence-electron chi connectivity index (χ0n) is 19.6. The highest BCUT2D eigenvalue weighted by Gasteiger charge is 2.42.